The van der Waals surface area contributed by atoms with E-state index in [4.69, 9.17) is 9.97 Å². The third-order valence-corrected chi connectivity index (χ3v) is 7.12. The van der Waals surface area contributed by atoms with Crippen LogP contribution in [0, 0.1) is 0 Å². The maximum absolute atomic E-state index is 5.06. The van der Waals surface area contributed by atoms with Crippen molar-refractivity contribution in [1.29, 1.82) is 0 Å². The number of piperazine rings is 1. The van der Waals surface area contributed by atoms with Crippen molar-refractivity contribution < 1.29 is 0 Å². The van der Waals surface area contributed by atoms with Crippen molar-refractivity contribution in [2.75, 3.05) is 37.6 Å². The normalized spacial score (nSPS) is 15.1. The number of benzene rings is 2. The van der Waals surface area contributed by atoms with E-state index in [1.54, 1.807) is 11.3 Å². The predicted molar refractivity (Wildman–Crippen MR) is 136 cm³/mol. The molecule has 1 aliphatic heterocycles. The summed E-state index contributed by atoms with van der Waals surface area (Å²) in [6.07, 6.45) is 5.51. The van der Waals surface area contributed by atoms with E-state index < -0.39 is 0 Å². The van der Waals surface area contributed by atoms with Gasteiger partial charge in [-0.2, -0.15) is 0 Å². The number of aryl methyl sites for hydroxylation is 1. The van der Waals surface area contributed by atoms with Crippen LogP contribution < -0.4 is 4.90 Å². The van der Waals surface area contributed by atoms with Gasteiger partial charge in [0.25, 0.3) is 0 Å². The number of thiophene rings is 1. The fraction of sp³-hybridized carbons (Fsp3) is 0.259. The molecule has 0 bridgehead atoms. The second-order valence-corrected chi connectivity index (χ2v) is 9.24. The van der Waals surface area contributed by atoms with E-state index in [1.165, 1.54) is 15.8 Å². The van der Waals surface area contributed by atoms with Gasteiger partial charge in [-0.3, -0.25) is 4.90 Å². The molecular weight excluding hydrogens is 412 g/mol. The van der Waals surface area contributed by atoms with Crippen LogP contribution in [0.25, 0.3) is 27.7 Å². The quantitative estimate of drug-likeness (QED) is 0.382. The summed E-state index contributed by atoms with van der Waals surface area (Å²) in [6, 6.07) is 23.1. The van der Waals surface area contributed by atoms with Crippen molar-refractivity contribution in [2.24, 2.45) is 0 Å². The van der Waals surface area contributed by atoms with E-state index in [2.05, 4.69) is 89.5 Å². The Morgan fingerprint density at radius 3 is 2.34 bits per heavy atom. The second kappa shape index (κ2) is 9.63. The molecule has 0 unspecified atom stereocenters. The lowest BCUT2D eigenvalue weighted by Crippen LogP contribution is -2.46. The van der Waals surface area contributed by atoms with Crippen molar-refractivity contribution >= 4 is 33.4 Å². The summed E-state index contributed by atoms with van der Waals surface area (Å²) in [5, 5.41) is 1.20. The van der Waals surface area contributed by atoms with Gasteiger partial charge in [0.2, 0.25) is 0 Å². The molecule has 4 aromatic rings. The lowest BCUT2D eigenvalue weighted by molar-refractivity contribution is 0.284. The lowest BCUT2D eigenvalue weighted by Gasteiger charge is -2.35. The third-order valence-electron chi connectivity index (χ3n) is 5.95. The lowest BCUT2D eigenvalue weighted by atomic mass is 10.2. The summed E-state index contributed by atoms with van der Waals surface area (Å²) >= 11 is 1.80. The molecule has 1 fully saturated rings. The zero-order valence-electron chi connectivity index (χ0n) is 18.4. The maximum atomic E-state index is 5.06. The summed E-state index contributed by atoms with van der Waals surface area (Å²) in [5.74, 6) is 1.91. The average molecular weight is 441 g/mol. The molecule has 5 rings (SSSR count). The minimum absolute atomic E-state index is 0.825. The Kier molecular flexibility index (Phi) is 6.28. The van der Waals surface area contributed by atoms with E-state index in [1.807, 2.05) is 6.07 Å². The minimum Gasteiger partial charge on any atom is -0.353 e. The Labute approximate surface area is 193 Å². The molecular formula is C27H28N4S. The highest BCUT2D eigenvalue weighted by atomic mass is 32.1. The summed E-state index contributed by atoms with van der Waals surface area (Å²) in [6.45, 7) is 7.23. The molecule has 0 saturated carbocycles. The van der Waals surface area contributed by atoms with Crippen molar-refractivity contribution in [1.82, 2.24) is 14.9 Å². The Balaban J connectivity index is 1.34. The molecule has 1 aliphatic rings. The molecule has 2 aromatic carbocycles. The van der Waals surface area contributed by atoms with Gasteiger partial charge in [-0.25, -0.2) is 9.97 Å². The Bertz CT molecular complexity index is 1190. The minimum atomic E-state index is 0.825. The Morgan fingerprint density at radius 2 is 1.62 bits per heavy atom. The van der Waals surface area contributed by atoms with E-state index in [0.717, 1.165) is 61.2 Å². The number of nitrogens with zero attached hydrogens (tertiary/aromatic N) is 4. The molecule has 4 nitrogen and oxygen atoms in total. The van der Waals surface area contributed by atoms with Crippen molar-refractivity contribution in [2.45, 2.75) is 13.3 Å². The van der Waals surface area contributed by atoms with Gasteiger partial charge in [-0.05, 0) is 18.1 Å². The van der Waals surface area contributed by atoms with Crippen LogP contribution in [0.4, 0.5) is 5.82 Å². The standard InChI is InChI=1S/C27H28N4S/c1-2-23-20-24-26(28-25(29-27(24)32-23)22-13-7-4-8-14-22)31-18-16-30(17-19-31)15-9-12-21-10-5-3-6-11-21/h3-14,20H,2,15-19H2,1H3/b12-9+. The zero-order chi connectivity index (χ0) is 21.8. The topological polar surface area (TPSA) is 32.3 Å². The van der Waals surface area contributed by atoms with Crippen LogP contribution in [0.1, 0.15) is 17.4 Å². The number of rotatable bonds is 6. The molecule has 1 saturated heterocycles. The Hall–Kier alpha value is -3.02. The summed E-state index contributed by atoms with van der Waals surface area (Å²) in [7, 11) is 0. The fourth-order valence-corrected chi connectivity index (χ4v) is 5.09. The van der Waals surface area contributed by atoms with E-state index in [-0.39, 0.29) is 0 Å². The number of aromatic nitrogens is 2. The SMILES string of the molecule is CCc1cc2c(N3CCN(C/C=C/c4ccccc4)CC3)nc(-c3ccccc3)nc2s1. The van der Waals surface area contributed by atoms with Crippen LogP contribution >= 0.6 is 11.3 Å². The highest BCUT2D eigenvalue weighted by molar-refractivity contribution is 7.18. The molecule has 0 radical (unpaired) electrons. The van der Waals surface area contributed by atoms with Gasteiger partial charge in [-0.15, -0.1) is 11.3 Å². The smallest absolute Gasteiger partial charge is 0.163 e. The molecule has 32 heavy (non-hydrogen) atoms. The van der Waals surface area contributed by atoms with Gasteiger partial charge < -0.3 is 4.90 Å². The molecule has 2 aromatic heterocycles. The Morgan fingerprint density at radius 1 is 0.906 bits per heavy atom. The second-order valence-electron chi connectivity index (χ2n) is 8.12. The first-order chi connectivity index (χ1) is 15.8. The van der Waals surface area contributed by atoms with Crippen LogP contribution in [0.2, 0.25) is 0 Å². The van der Waals surface area contributed by atoms with Crippen molar-refractivity contribution in [3.8, 4) is 11.4 Å². The van der Waals surface area contributed by atoms with Gasteiger partial charge in [0.05, 0.1) is 5.39 Å². The maximum Gasteiger partial charge on any atom is 0.163 e. The third kappa shape index (κ3) is 4.59. The molecule has 162 valence electrons. The molecule has 0 atom stereocenters. The van der Waals surface area contributed by atoms with Crippen LogP contribution in [0.5, 0.6) is 0 Å². The van der Waals surface area contributed by atoms with E-state index in [0.29, 0.717) is 0 Å². The number of hydrogen-bond donors (Lipinski definition) is 0. The van der Waals surface area contributed by atoms with Gasteiger partial charge in [0.15, 0.2) is 5.82 Å². The largest absolute Gasteiger partial charge is 0.353 e. The molecule has 0 N–H and O–H groups in total. The molecule has 3 heterocycles. The van der Waals surface area contributed by atoms with Crippen LogP contribution in [0.15, 0.2) is 72.8 Å². The molecule has 0 aliphatic carbocycles. The summed E-state index contributed by atoms with van der Waals surface area (Å²) in [5.41, 5.74) is 2.33. The van der Waals surface area contributed by atoms with Gasteiger partial charge in [0, 0.05) is 43.2 Å². The molecule has 0 amide bonds. The van der Waals surface area contributed by atoms with Gasteiger partial charge >= 0.3 is 0 Å². The first-order valence-electron chi connectivity index (χ1n) is 11.3. The monoisotopic (exact) mass is 440 g/mol. The van der Waals surface area contributed by atoms with Crippen molar-refractivity contribution in [3.05, 3.63) is 83.2 Å². The highest BCUT2D eigenvalue weighted by Crippen LogP contribution is 2.34. The van der Waals surface area contributed by atoms with E-state index in [9.17, 15) is 0 Å². The van der Waals surface area contributed by atoms with Crippen LogP contribution in [0.3, 0.4) is 0 Å². The molecule has 5 heteroatoms. The number of hydrogen-bond acceptors (Lipinski definition) is 5. The molecule has 0 spiro atoms. The number of anilines is 1. The average Bonchev–Trinajstić information content (AvgIpc) is 3.29. The zero-order valence-corrected chi connectivity index (χ0v) is 19.3. The summed E-state index contributed by atoms with van der Waals surface area (Å²) in [4.78, 5) is 17.4. The predicted octanol–water partition coefficient (Wildman–Crippen LogP) is 5.76. The fourth-order valence-electron chi connectivity index (χ4n) is 4.13. The van der Waals surface area contributed by atoms with Crippen molar-refractivity contribution in [3.63, 3.8) is 0 Å². The first-order valence-corrected chi connectivity index (χ1v) is 12.2. The van der Waals surface area contributed by atoms with Gasteiger partial charge in [0.1, 0.15) is 10.6 Å². The first kappa shape index (κ1) is 20.9. The number of fused-ring (bicyclic) bond motifs is 1. The van der Waals surface area contributed by atoms with Crippen LogP contribution in [-0.2, 0) is 6.42 Å². The van der Waals surface area contributed by atoms with Gasteiger partial charge in [-0.1, -0.05) is 79.7 Å². The summed E-state index contributed by atoms with van der Waals surface area (Å²) < 4.78 is 0. The highest BCUT2D eigenvalue weighted by Gasteiger charge is 2.22. The van der Waals surface area contributed by atoms with E-state index >= 15 is 0 Å². The van der Waals surface area contributed by atoms with Crippen LogP contribution in [-0.4, -0.2) is 47.6 Å².